The molecular weight excluding hydrogens is 206 g/mol. The van der Waals surface area contributed by atoms with Crippen LogP contribution in [0.15, 0.2) is 0 Å². The number of ether oxygens (including phenoxy) is 1. The van der Waals surface area contributed by atoms with Gasteiger partial charge in [0.1, 0.15) is 6.61 Å². The van der Waals surface area contributed by atoms with Crippen LogP contribution >= 0.6 is 0 Å². The first-order valence-corrected chi connectivity index (χ1v) is 5.83. The minimum absolute atomic E-state index is 0.0697. The first-order valence-electron chi connectivity index (χ1n) is 5.83. The molecule has 1 rings (SSSR count). The number of nitrogens with two attached hydrogens (primary N) is 1. The average molecular weight is 229 g/mol. The van der Waals surface area contributed by atoms with Crippen molar-refractivity contribution in [3.63, 3.8) is 0 Å². The summed E-state index contributed by atoms with van der Waals surface area (Å²) in [5.74, 6) is 0.0697. The smallest absolute Gasteiger partial charge is 0.248 e. The average Bonchev–Trinajstić information content (AvgIpc) is 2.25. The third kappa shape index (κ3) is 3.43. The quantitative estimate of drug-likeness (QED) is 0.661. The summed E-state index contributed by atoms with van der Waals surface area (Å²) < 4.78 is 5.17. The van der Waals surface area contributed by atoms with Gasteiger partial charge in [0.2, 0.25) is 5.91 Å². The SMILES string of the molecule is CC1CN(C(=O)COCCN)CC(C)N1C. The number of carbonyl (C=O) groups is 1. The van der Waals surface area contributed by atoms with Gasteiger partial charge in [0, 0.05) is 31.7 Å². The minimum Gasteiger partial charge on any atom is -0.370 e. The molecule has 0 aromatic rings. The number of nitrogens with zero attached hydrogens (tertiary/aromatic N) is 2. The Bertz CT molecular complexity index is 223. The molecular formula is C11H23N3O2. The van der Waals surface area contributed by atoms with Crippen LogP contribution in [0.5, 0.6) is 0 Å². The Kier molecular flexibility index (Phi) is 5.18. The fourth-order valence-corrected chi connectivity index (χ4v) is 1.94. The van der Waals surface area contributed by atoms with E-state index in [9.17, 15) is 4.79 Å². The Hall–Kier alpha value is -0.650. The van der Waals surface area contributed by atoms with Crippen molar-refractivity contribution in [3.8, 4) is 0 Å². The predicted molar refractivity (Wildman–Crippen MR) is 63.1 cm³/mol. The van der Waals surface area contributed by atoms with Crippen LogP contribution < -0.4 is 5.73 Å². The predicted octanol–water partition coefficient (Wildman–Crippen LogP) is -0.487. The number of amides is 1. The summed E-state index contributed by atoms with van der Waals surface area (Å²) in [6.07, 6.45) is 0. The molecule has 1 saturated heterocycles. The van der Waals surface area contributed by atoms with E-state index in [1.165, 1.54) is 0 Å². The second-order valence-corrected chi connectivity index (χ2v) is 4.50. The molecule has 0 aromatic heterocycles. The third-order valence-electron chi connectivity index (χ3n) is 3.20. The highest BCUT2D eigenvalue weighted by Gasteiger charge is 2.28. The fourth-order valence-electron chi connectivity index (χ4n) is 1.94. The van der Waals surface area contributed by atoms with Crippen LogP contribution in [0.1, 0.15) is 13.8 Å². The summed E-state index contributed by atoms with van der Waals surface area (Å²) in [5, 5.41) is 0. The molecule has 0 bridgehead atoms. The summed E-state index contributed by atoms with van der Waals surface area (Å²) in [6, 6.07) is 0.810. The molecule has 16 heavy (non-hydrogen) atoms. The Labute approximate surface area is 97.5 Å². The molecule has 2 atom stereocenters. The molecule has 5 nitrogen and oxygen atoms in total. The molecule has 0 aliphatic carbocycles. The van der Waals surface area contributed by atoms with E-state index in [4.69, 9.17) is 10.5 Å². The summed E-state index contributed by atoms with van der Waals surface area (Å²) in [6.45, 7) is 6.90. The summed E-state index contributed by atoms with van der Waals surface area (Å²) >= 11 is 0. The van der Waals surface area contributed by atoms with Gasteiger partial charge in [-0.1, -0.05) is 0 Å². The highest BCUT2D eigenvalue weighted by Crippen LogP contribution is 2.13. The highest BCUT2D eigenvalue weighted by atomic mass is 16.5. The Morgan fingerprint density at radius 1 is 1.38 bits per heavy atom. The fraction of sp³-hybridized carbons (Fsp3) is 0.909. The van der Waals surface area contributed by atoms with E-state index in [1.54, 1.807) is 0 Å². The lowest BCUT2D eigenvalue weighted by atomic mass is 10.1. The van der Waals surface area contributed by atoms with E-state index < -0.39 is 0 Å². The third-order valence-corrected chi connectivity index (χ3v) is 3.20. The molecule has 0 radical (unpaired) electrons. The standard InChI is InChI=1S/C11H23N3O2/c1-9-6-14(7-10(2)13(9)3)11(15)8-16-5-4-12/h9-10H,4-8,12H2,1-3H3. The number of hydrogen-bond acceptors (Lipinski definition) is 4. The van der Waals surface area contributed by atoms with Crippen molar-refractivity contribution in [3.05, 3.63) is 0 Å². The zero-order valence-electron chi connectivity index (χ0n) is 10.5. The molecule has 1 aliphatic heterocycles. The first kappa shape index (κ1) is 13.4. The van der Waals surface area contributed by atoms with Gasteiger partial charge in [-0.3, -0.25) is 9.69 Å². The van der Waals surface area contributed by atoms with Crippen LogP contribution in [-0.4, -0.2) is 67.7 Å². The van der Waals surface area contributed by atoms with E-state index in [2.05, 4.69) is 25.8 Å². The maximum absolute atomic E-state index is 11.8. The van der Waals surface area contributed by atoms with Gasteiger partial charge >= 0.3 is 0 Å². The van der Waals surface area contributed by atoms with Crippen molar-refractivity contribution >= 4 is 5.91 Å². The van der Waals surface area contributed by atoms with Crippen molar-refractivity contribution in [2.75, 3.05) is 39.9 Å². The van der Waals surface area contributed by atoms with Gasteiger partial charge in [-0.05, 0) is 20.9 Å². The number of piperazine rings is 1. The normalized spacial score (nSPS) is 27.1. The van der Waals surface area contributed by atoms with Crippen LogP contribution in [0, 0.1) is 0 Å². The van der Waals surface area contributed by atoms with Crippen LogP contribution in [0.25, 0.3) is 0 Å². The summed E-state index contributed by atoms with van der Waals surface area (Å²) in [5.41, 5.74) is 5.30. The molecule has 1 heterocycles. The maximum Gasteiger partial charge on any atom is 0.248 e. The number of likely N-dealkylation sites (N-methyl/N-ethyl adjacent to an activating group) is 1. The van der Waals surface area contributed by atoms with Crippen LogP contribution in [-0.2, 0) is 9.53 Å². The van der Waals surface area contributed by atoms with Crippen molar-refractivity contribution < 1.29 is 9.53 Å². The highest BCUT2D eigenvalue weighted by molar-refractivity contribution is 5.77. The van der Waals surface area contributed by atoms with Gasteiger partial charge in [-0.15, -0.1) is 0 Å². The van der Waals surface area contributed by atoms with Gasteiger partial charge in [0.15, 0.2) is 0 Å². The van der Waals surface area contributed by atoms with E-state index in [0.717, 1.165) is 13.1 Å². The number of carbonyl (C=O) groups excluding carboxylic acids is 1. The van der Waals surface area contributed by atoms with Gasteiger partial charge < -0.3 is 15.4 Å². The molecule has 0 spiro atoms. The monoisotopic (exact) mass is 229 g/mol. The number of hydrogen-bond donors (Lipinski definition) is 1. The van der Waals surface area contributed by atoms with Gasteiger partial charge in [-0.2, -0.15) is 0 Å². The zero-order valence-corrected chi connectivity index (χ0v) is 10.5. The van der Waals surface area contributed by atoms with Gasteiger partial charge in [0.05, 0.1) is 6.61 Å². The van der Waals surface area contributed by atoms with Crippen molar-refractivity contribution in [2.45, 2.75) is 25.9 Å². The van der Waals surface area contributed by atoms with E-state index in [0.29, 0.717) is 25.2 Å². The molecule has 1 fully saturated rings. The topological polar surface area (TPSA) is 58.8 Å². The zero-order chi connectivity index (χ0) is 12.1. The van der Waals surface area contributed by atoms with E-state index in [1.807, 2.05) is 4.90 Å². The van der Waals surface area contributed by atoms with E-state index in [-0.39, 0.29) is 12.5 Å². The van der Waals surface area contributed by atoms with Crippen molar-refractivity contribution in [2.24, 2.45) is 5.73 Å². The molecule has 2 N–H and O–H groups in total. The Morgan fingerprint density at radius 2 is 1.94 bits per heavy atom. The first-order chi connectivity index (χ1) is 7.56. The molecule has 1 amide bonds. The Morgan fingerprint density at radius 3 is 2.44 bits per heavy atom. The van der Waals surface area contributed by atoms with Gasteiger partial charge in [0.25, 0.3) is 0 Å². The largest absolute Gasteiger partial charge is 0.370 e. The lowest BCUT2D eigenvalue weighted by Crippen LogP contribution is -2.57. The van der Waals surface area contributed by atoms with Crippen LogP contribution in [0.4, 0.5) is 0 Å². The second-order valence-electron chi connectivity index (χ2n) is 4.50. The molecule has 94 valence electrons. The summed E-state index contributed by atoms with van der Waals surface area (Å²) in [4.78, 5) is 16.0. The van der Waals surface area contributed by atoms with Gasteiger partial charge in [-0.25, -0.2) is 0 Å². The van der Waals surface area contributed by atoms with Crippen molar-refractivity contribution in [1.82, 2.24) is 9.80 Å². The lowest BCUT2D eigenvalue weighted by molar-refractivity contribution is -0.139. The number of rotatable bonds is 4. The molecule has 1 aliphatic rings. The second kappa shape index (κ2) is 6.18. The van der Waals surface area contributed by atoms with E-state index >= 15 is 0 Å². The molecule has 5 heteroatoms. The molecule has 0 aromatic carbocycles. The van der Waals surface area contributed by atoms with Crippen LogP contribution in [0.3, 0.4) is 0 Å². The Balaban J connectivity index is 2.39. The maximum atomic E-state index is 11.8. The minimum atomic E-state index is 0.0697. The molecule has 0 saturated carbocycles. The molecule has 2 unspecified atom stereocenters. The van der Waals surface area contributed by atoms with Crippen LogP contribution in [0.2, 0.25) is 0 Å². The van der Waals surface area contributed by atoms with Crippen molar-refractivity contribution in [1.29, 1.82) is 0 Å². The lowest BCUT2D eigenvalue weighted by Gasteiger charge is -2.42. The summed E-state index contributed by atoms with van der Waals surface area (Å²) in [7, 11) is 2.10.